The number of hydrogen-bond donors (Lipinski definition) is 1. The van der Waals surface area contributed by atoms with Crippen LogP contribution in [-0.4, -0.2) is 37.0 Å². The zero-order chi connectivity index (χ0) is 17.4. The molecule has 1 N–H and O–H groups in total. The first-order chi connectivity index (χ1) is 11.2. The summed E-state index contributed by atoms with van der Waals surface area (Å²) in [7, 11) is 0. The minimum absolute atomic E-state index is 0.529. The normalized spacial score (nSPS) is 13.4. The van der Waals surface area contributed by atoms with Gasteiger partial charge < -0.3 is 19.3 Å². The highest BCUT2D eigenvalue weighted by Crippen LogP contribution is 2.26. The van der Waals surface area contributed by atoms with E-state index in [1.54, 1.807) is 0 Å². The van der Waals surface area contributed by atoms with Crippen molar-refractivity contribution in [2.75, 3.05) is 19.8 Å². The van der Waals surface area contributed by atoms with Crippen LogP contribution in [-0.2, 0) is 14.2 Å². The fourth-order valence-electron chi connectivity index (χ4n) is 2.44. The van der Waals surface area contributed by atoms with E-state index in [-0.39, 0.29) is 0 Å². The Kier molecular flexibility index (Phi) is 15.3. The maximum Gasteiger partial charge on any atom is 0.310 e. The molecule has 0 spiro atoms. The maximum absolute atomic E-state index is 10.7. The van der Waals surface area contributed by atoms with Crippen molar-refractivity contribution in [3.05, 3.63) is 0 Å². The van der Waals surface area contributed by atoms with Crippen molar-refractivity contribution >= 4 is 0 Å². The summed E-state index contributed by atoms with van der Waals surface area (Å²) in [6.07, 6.45) is 9.72. The van der Waals surface area contributed by atoms with Gasteiger partial charge in [0.25, 0.3) is 0 Å². The van der Waals surface area contributed by atoms with Crippen LogP contribution in [0.2, 0.25) is 0 Å². The van der Waals surface area contributed by atoms with E-state index in [1.165, 1.54) is 25.7 Å². The predicted octanol–water partition coefficient (Wildman–Crippen LogP) is 5.03. The van der Waals surface area contributed by atoms with E-state index in [0.29, 0.717) is 26.2 Å². The molecule has 0 rings (SSSR count). The molecule has 0 fully saturated rings. The molecule has 0 amide bonds. The molecule has 23 heavy (non-hydrogen) atoms. The number of unbranched alkanes of at least 4 members (excludes halogenated alkanes) is 5. The number of rotatable bonds is 17. The van der Waals surface area contributed by atoms with Crippen LogP contribution in [0.3, 0.4) is 0 Å². The van der Waals surface area contributed by atoms with Crippen molar-refractivity contribution < 1.29 is 19.3 Å². The van der Waals surface area contributed by atoms with Crippen LogP contribution in [0.1, 0.15) is 91.9 Å². The Hall–Kier alpha value is -0.160. The van der Waals surface area contributed by atoms with Crippen molar-refractivity contribution in [2.45, 2.75) is 104 Å². The van der Waals surface area contributed by atoms with Gasteiger partial charge in [-0.05, 0) is 25.7 Å². The lowest BCUT2D eigenvalue weighted by Crippen LogP contribution is -2.50. The predicted molar refractivity (Wildman–Crippen MR) is 95.5 cm³/mol. The lowest BCUT2D eigenvalue weighted by atomic mass is 10.1. The molecule has 0 heterocycles. The fourth-order valence-corrected chi connectivity index (χ4v) is 2.44. The highest BCUT2D eigenvalue weighted by Gasteiger charge is 2.41. The van der Waals surface area contributed by atoms with Gasteiger partial charge in [-0.1, -0.05) is 66.2 Å². The molecule has 0 bridgehead atoms. The summed E-state index contributed by atoms with van der Waals surface area (Å²) >= 11 is 0. The van der Waals surface area contributed by atoms with Gasteiger partial charge in [-0.15, -0.1) is 0 Å². The second kappa shape index (κ2) is 15.4. The van der Waals surface area contributed by atoms with Crippen LogP contribution in [0.5, 0.6) is 0 Å². The monoisotopic (exact) mass is 332 g/mol. The zero-order valence-corrected chi connectivity index (χ0v) is 15.9. The van der Waals surface area contributed by atoms with Gasteiger partial charge in [0.1, 0.15) is 6.10 Å². The summed E-state index contributed by atoms with van der Waals surface area (Å²) in [5.74, 6) is -1.29. The maximum atomic E-state index is 10.7. The molecule has 0 aliphatic heterocycles. The molecule has 140 valence electrons. The lowest BCUT2D eigenvalue weighted by molar-refractivity contribution is -0.414. The highest BCUT2D eigenvalue weighted by atomic mass is 16.9. The Balaban J connectivity index is 4.50. The first-order valence-electron chi connectivity index (χ1n) is 9.76. The van der Waals surface area contributed by atoms with Crippen molar-refractivity contribution in [2.24, 2.45) is 0 Å². The quantitative estimate of drug-likeness (QED) is 0.300. The van der Waals surface area contributed by atoms with Crippen LogP contribution in [0.4, 0.5) is 0 Å². The van der Waals surface area contributed by atoms with Gasteiger partial charge in [-0.25, -0.2) is 0 Å². The van der Waals surface area contributed by atoms with Crippen LogP contribution >= 0.6 is 0 Å². The number of hydrogen-bond acceptors (Lipinski definition) is 4. The summed E-state index contributed by atoms with van der Waals surface area (Å²) in [6, 6.07) is 0. The molecule has 0 saturated carbocycles. The second-order valence-corrected chi connectivity index (χ2v) is 6.22. The van der Waals surface area contributed by atoms with Crippen LogP contribution in [0.25, 0.3) is 0 Å². The summed E-state index contributed by atoms with van der Waals surface area (Å²) < 4.78 is 17.5. The molecule has 1 atom stereocenters. The average Bonchev–Trinajstić information content (AvgIpc) is 2.57. The minimum atomic E-state index is -1.29. The Morgan fingerprint density at radius 2 is 1.09 bits per heavy atom. The second-order valence-electron chi connectivity index (χ2n) is 6.22. The SMILES string of the molecule is CCCCCCCCC(O)C(OCCC)(OCCC)OCCC. The molecule has 0 radical (unpaired) electrons. The van der Waals surface area contributed by atoms with Crippen LogP contribution < -0.4 is 0 Å². The van der Waals surface area contributed by atoms with E-state index in [1.807, 2.05) is 20.8 Å². The molecular weight excluding hydrogens is 292 g/mol. The molecule has 0 aromatic carbocycles. The third-order valence-corrected chi connectivity index (χ3v) is 3.76. The fraction of sp³-hybridized carbons (Fsp3) is 1.00. The number of aliphatic hydroxyl groups is 1. The van der Waals surface area contributed by atoms with Crippen LogP contribution in [0, 0.1) is 0 Å². The van der Waals surface area contributed by atoms with Gasteiger partial charge in [0.05, 0.1) is 19.8 Å². The van der Waals surface area contributed by atoms with Crippen molar-refractivity contribution in [1.82, 2.24) is 0 Å². The first-order valence-corrected chi connectivity index (χ1v) is 9.76. The van der Waals surface area contributed by atoms with E-state index in [0.717, 1.165) is 32.1 Å². The molecule has 4 nitrogen and oxygen atoms in total. The Labute approximate surface area is 143 Å². The summed E-state index contributed by atoms with van der Waals surface area (Å²) in [4.78, 5) is 0. The smallest absolute Gasteiger partial charge is 0.310 e. The van der Waals surface area contributed by atoms with E-state index < -0.39 is 12.1 Å². The number of aliphatic hydroxyl groups excluding tert-OH is 1. The molecule has 0 saturated heterocycles. The van der Waals surface area contributed by atoms with Gasteiger partial charge in [0.2, 0.25) is 0 Å². The van der Waals surface area contributed by atoms with Gasteiger partial charge in [-0.3, -0.25) is 0 Å². The Morgan fingerprint density at radius 3 is 1.52 bits per heavy atom. The molecular formula is C19H40O4. The van der Waals surface area contributed by atoms with Gasteiger partial charge >= 0.3 is 5.97 Å². The van der Waals surface area contributed by atoms with Crippen LogP contribution in [0.15, 0.2) is 0 Å². The van der Waals surface area contributed by atoms with E-state index >= 15 is 0 Å². The molecule has 1 unspecified atom stereocenters. The molecule has 0 aromatic heterocycles. The van der Waals surface area contributed by atoms with E-state index in [2.05, 4.69) is 6.92 Å². The average molecular weight is 333 g/mol. The summed E-state index contributed by atoms with van der Waals surface area (Å²) in [6.45, 7) is 9.95. The third kappa shape index (κ3) is 10.3. The Morgan fingerprint density at radius 1 is 0.652 bits per heavy atom. The molecule has 0 aromatic rings. The van der Waals surface area contributed by atoms with Crippen molar-refractivity contribution in [1.29, 1.82) is 0 Å². The van der Waals surface area contributed by atoms with Crippen molar-refractivity contribution in [3.8, 4) is 0 Å². The first kappa shape index (κ1) is 22.8. The Bertz CT molecular complexity index is 224. The molecule has 0 aliphatic carbocycles. The lowest BCUT2D eigenvalue weighted by Gasteiger charge is -2.37. The van der Waals surface area contributed by atoms with Gasteiger partial charge in [0.15, 0.2) is 0 Å². The summed E-state index contributed by atoms with van der Waals surface area (Å²) in [5.41, 5.74) is 0. The van der Waals surface area contributed by atoms with Gasteiger partial charge in [-0.2, -0.15) is 0 Å². The third-order valence-electron chi connectivity index (χ3n) is 3.76. The van der Waals surface area contributed by atoms with Crippen molar-refractivity contribution in [3.63, 3.8) is 0 Å². The molecule has 0 aliphatic rings. The standard InChI is InChI=1S/C19H40O4/c1-5-9-10-11-12-13-14-18(20)19(21-15-6-2,22-16-7-3)23-17-8-4/h18,20H,5-17H2,1-4H3. The zero-order valence-electron chi connectivity index (χ0n) is 15.9. The minimum Gasteiger partial charge on any atom is -0.385 e. The van der Waals surface area contributed by atoms with E-state index in [9.17, 15) is 5.11 Å². The number of ether oxygens (including phenoxy) is 3. The summed E-state index contributed by atoms with van der Waals surface area (Å²) in [5, 5.41) is 10.7. The highest BCUT2D eigenvalue weighted by molar-refractivity contribution is 4.71. The topological polar surface area (TPSA) is 47.9 Å². The van der Waals surface area contributed by atoms with E-state index in [4.69, 9.17) is 14.2 Å². The van der Waals surface area contributed by atoms with Gasteiger partial charge in [0, 0.05) is 0 Å². The molecule has 4 heteroatoms. The largest absolute Gasteiger partial charge is 0.385 e.